The Morgan fingerprint density at radius 2 is 1.54 bits per heavy atom. The highest BCUT2D eigenvalue weighted by Crippen LogP contribution is 2.29. The Morgan fingerprint density at radius 3 is 2.26 bits per heavy atom. The number of aryl methyl sites for hydroxylation is 5. The van der Waals surface area contributed by atoms with Crippen LogP contribution >= 0.6 is 11.3 Å². The molecule has 2 aromatic carbocycles. The summed E-state index contributed by atoms with van der Waals surface area (Å²) in [6.07, 6.45) is 2.19. The summed E-state index contributed by atoms with van der Waals surface area (Å²) in [6.45, 7) is 10.4. The highest BCUT2D eigenvalue weighted by Gasteiger charge is 2.19. The van der Waals surface area contributed by atoms with Gasteiger partial charge in [-0.05, 0) is 86.7 Å². The van der Waals surface area contributed by atoms with E-state index in [9.17, 15) is 4.79 Å². The summed E-state index contributed by atoms with van der Waals surface area (Å²) in [4.78, 5) is 22.7. The number of nitrogens with one attached hydrogen (secondary N) is 1. The fourth-order valence-electron chi connectivity index (χ4n) is 4.17. The molecule has 0 spiro atoms. The fourth-order valence-corrected chi connectivity index (χ4v) is 4.90. The van der Waals surface area contributed by atoms with Gasteiger partial charge >= 0.3 is 0 Å². The minimum Gasteiger partial charge on any atom is -0.303 e. The summed E-state index contributed by atoms with van der Waals surface area (Å²) in [5.74, 6) is -0.113. The van der Waals surface area contributed by atoms with Crippen LogP contribution in [0.2, 0.25) is 0 Å². The average molecular weight is 481 g/mol. The number of nitrogens with zero attached hydrogens (tertiary/aromatic N) is 3. The molecule has 5 rings (SSSR count). The van der Waals surface area contributed by atoms with Crippen LogP contribution in [0.4, 0.5) is 5.13 Å². The maximum absolute atomic E-state index is 13.2. The Morgan fingerprint density at radius 1 is 0.857 bits per heavy atom. The molecule has 5 aromatic rings. The van der Waals surface area contributed by atoms with Gasteiger partial charge in [-0.3, -0.25) is 4.79 Å². The van der Waals surface area contributed by atoms with Gasteiger partial charge in [0.05, 0.1) is 23.5 Å². The lowest BCUT2D eigenvalue weighted by molar-refractivity contribution is -0.115. The van der Waals surface area contributed by atoms with E-state index in [4.69, 9.17) is 4.98 Å². The molecule has 35 heavy (non-hydrogen) atoms. The van der Waals surface area contributed by atoms with Crippen molar-refractivity contribution in [3.8, 4) is 22.5 Å². The lowest BCUT2D eigenvalue weighted by atomic mass is 10.0. The molecule has 0 atom stereocenters. The van der Waals surface area contributed by atoms with Crippen molar-refractivity contribution in [3.63, 3.8) is 0 Å². The average Bonchev–Trinajstić information content (AvgIpc) is 3.42. The highest BCUT2D eigenvalue weighted by atomic mass is 32.1. The number of benzene rings is 2. The second kappa shape index (κ2) is 9.12. The van der Waals surface area contributed by atoms with E-state index >= 15 is 0 Å². The number of fused-ring (bicyclic) bond motifs is 1. The molecule has 0 aliphatic carbocycles. The summed E-state index contributed by atoms with van der Waals surface area (Å²) in [5, 5.41) is 5.58. The quantitative estimate of drug-likeness (QED) is 0.299. The maximum atomic E-state index is 13.2. The Labute approximate surface area is 209 Å². The Hall–Kier alpha value is -3.77. The van der Waals surface area contributed by atoms with Crippen LogP contribution in [0.3, 0.4) is 0 Å². The standard InChI is InChI=1S/C29H28N4OS/c1-17-10-11-33-25(28(31-26(33)12-17)23-9-7-19(3)21(5)14-23)15-27(34)32-29-30-24(16-35-29)22-8-6-18(2)20(4)13-22/h6-14,16H,15H2,1-5H3,(H,30,32,34). The van der Waals surface area contributed by atoms with Crippen LogP contribution in [-0.2, 0) is 11.2 Å². The summed E-state index contributed by atoms with van der Waals surface area (Å²) in [6, 6.07) is 16.7. The van der Waals surface area contributed by atoms with Gasteiger partial charge < -0.3 is 9.72 Å². The molecule has 0 fully saturated rings. The number of hydrogen-bond acceptors (Lipinski definition) is 4. The zero-order valence-electron chi connectivity index (χ0n) is 20.6. The SMILES string of the molecule is Cc1ccn2c(CC(=O)Nc3nc(-c4ccc(C)c(C)c4)cs3)c(-c3ccc(C)c(C)c3)nc2c1. The van der Waals surface area contributed by atoms with Crippen LogP contribution in [0.25, 0.3) is 28.2 Å². The third-order valence-electron chi connectivity index (χ3n) is 6.54. The molecule has 1 N–H and O–H groups in total. The van der Waals surface area contributed by atoms with Crippen LogP contribution in [-0.4, -0.2) is 20.3 Å². The van der Waals surface area contributed by atoms with E-state index in [0.29, 0.717) is 5.13 Å². The molecule has 0 bridgehead atoms. The first-order chi connectivity index (χ1) is 16.8. The van der Waals surface area contributed by atoms with Gasteiger partial charge in [-0.2, -0.15) is 0 Å². The Balaban J connectivity index is 1.44. The normalized spacial score (nSPS) is 11.2. The summed E-state index contributed by atoms with van der Waals surface area (Å²) < 4.78 is 2.01. The van der Waals surface area contributed by atoms with Crippen molar-refractivity contribution in [1.29, 1.82) is 0 Å². The van der Waals surface area contributed by atoms with E-state index < -0.39 is 0 Å². The number of hydrogen-bond donors (Lipinski definition) is 1. The van der Waals surface area contributed by atoms with Crippen LogP contribution in [0, 0.1) is 34.6 Å². The molecule has 5 nitrogen and oxygen atoms in total. The van der Waals surface area contributed by atoms with Crippen LogP contribution in [0.1, 0.15) is 33.5 Å². The molecule has 6 heteroatoms. The first kappa shape index (κ1) is 23.0. The van der Waals surface area contributed by atoms with Gasteiger partial charge in [-0.25, -0.2) is 9.97 Å². The molecule has 0 unspecified atom stereocenters. The maximum Gasteiger partial charge on any atom is 0.232 e. The zero-order chi connectivity index (χ0) is 24.7. The van der Waals surface area contributed by atoms with Gasteiger partial charge in [0.15, 0.2) is 5.13 Å². The molecule has 0 radical (unpaired) electrons. The summed E-state index contributed by atoms with van der Waals surface area (Å²) >= 11 is 1.44. The molecular weight excluding hydrogens is 452 g/mol. The van der Waals surface area contributed by atoms with E-state index in [0.717, 1.165) is 39.4 Å². The van der Waals surface area contributed by atoms with E-state index in [1.807, 2.05) is 35.0 Å². The summed E-state index contributed by atoms with van der Waals surface area (Å²) in [7, 11) is 0. The molecule has 0 aliphatic rings. The van der Waals surface area contributed by atoms with Crippen molar-refractivity contribution in [3.05, 3.63) is 93.6 Å². The van der Waals surface area contributed by atoms with Gasteiger partial charge in [0, 0.05) is 22.7 Å². The van der Waals surface area contributed by atoms with Gasteiger partial charge in [-0.15, -0.1) is 11.3 Å². The van der Waals surface area contributed by atoms with Gasteiger partial charge in [-0.1, -0.05) is 24.3 Å². The number of amides is 1. The highest BCUT2D eigenvalue weighted by molar-refractivity contribution is 7.14. The predicted molar refractivity (Wildman–Crippen MR) is 144 cm³/mol. The first-order valence-corrected chi connectivity index (χ1v) is 12.5. The van der Waals surface area contributed by atoms with Crippen LogP contribution in [0.5, 0.6) is 0 Å². The number of anilines is 1. The smallest absolute Gasteiger partial charge is 0.232 e. The largest absolute Gasteiger partial charge is 0.303 e. The molecule has 176 valence electrons. The minimum atomic E-state index is -0.113. The number of carbonyl (C=O) groups excluding carboxylic acids is 1. The third-order valence-corrected chi connectivity index (χ3v) is 7.30. The van der Waals surface area contributed by atoms with Crippen molar-refractivity contribution < 1.29 is 4.79 Å². The molecule has 3 heterocycles. The topological polar surface area (TPSA) is 59.3 Å². The van der Waals surface area contributed by atoms with Crippen LogP contribution in [0.15, 0.2) is 60.1 Å². The monoisotopic (exact) mass is 480 g/mol. The second-order valence-corrected chi connectivity index (χ2v) is 10.1. The van der Waals surface area contributed by atoms with Crippen molar-refractivity contribution in [2.24, 2.45) is 0 Å². The van der Waals surface area contributed by atoms with Gasteiger partial charge in [0.2, 0.25) is 5.91 Å². The van der Waals surface area contributed by atoms with E-state index in [1.165, 1.54) is 33.6 Å². The number of aromatic nitrogens is 3. The zero-order valence-corrected chi connectivity index (χ0v) is 21.5. The van der Waals surface area contributed by atoms with E-state index in [-0.39, 0.29) is 12.3 Å². The number of thiazole rings is 1. The van der Waals surface area contributed by atoms with Gasteiger partial charge in [0.1, 0.15) is 5.65 Å². The summed E-state index contributed by atoms with van der Waals surface area (Å²) in [5.41, 5.74) is 11.5. The van der Waals surface area contributed by atoms with Crippen molar-refractivity contribution in [1.82, 2.24) is 14.4 Å². The Bertz CT molecular complexity index is 1580. The molecular formula is C29H28N4OS. The van der Waals surface area contributed by atoms with E-state index in [1.54, 1.807) is 0 Å². The van der Waals surface area contributed by atoms with Gasteiger partial charge in [0.25, 0.3) is 0 Å². The number of carbonyl (C=O) groups is 1. The first-order valence-electron chi connectivity index (χ1n) is 11.7. The second-order valence-electron chi connectivity index (χ2n) is 9.20. The molecule has 0 aliphatic heterocycles. The molecule has 1 amide bonds. The molecule has 3 aromatic heterocycles. The van der Waals surface area contributed by atoms with E-state index in [2.05, 4.69) is 74.4 Å². The third kappa shape index (κ3) is 4.62. The number of pyridine rings is 1. The molecule has 0 saturated carbocycles. The Kier molecular flexibility index (Phi) is 5.99. The van der Waals surface area contributed by atoms with Crippen molar-refractivity contribution in [2.75, 3.05) is 5.32 Å². The number of rotatable bonds is 5. The lowest BCUT2D eigenvalue weighted by Crippen LogP contribution is -2.16. The predicted octanol–water partition coefficient (Wildman–Crippen LogP) is 6.85. The lowest BCUT2D eigenvalue weighted by Gasteiger charge is -2.08. The van der Waals surface area contributed by atoms with Crippen molar-refractivity contribution >= 4 is 28.0 Å². The van der Waals surface area contributed by atoms with Crippen molar-refractivity contribution in [2.45, 2.75) is 41.0 Å². The molecule has 0 saturated heterocycles. The minimum absolute atomic E-state index is 0.113. The fraction of sp³-hybridized carbons (Fsp3) is 0.207. The van der Waals surface area contributed by atoms with Crippen LogP contribution < -0.4 is 5.32 Å². The number of imidazole rings is 1.